The number of carbonyl (C=O) groups is 2. The van der Waals surface area contributed by atoms with E-state index in [1.54, 1.807) is 50.5 Å². The SMILES string of the molecule is CNC(CCCCN)C(=O)Oc1ccccc1N.CNCC(=O)Nc1ccc(N)c(N)n1. The Morgan fingerprint density at radius 3 is 2.34 bits per heavy atom. The number of anilines is 4. The smallest absolute Gasteiger partial charge is 0.328 e. The fraction of sp³-hybridized carbons (Fsp3) is 0.381. The van der Waals surface area contributed by atoms with Gasteiger partial charge < -0.3 is 43.6 Å². The Bertz CT molecular complexity index is 863. The van der Waals surface area contributed by atoms with Crippen LogP contribution in [0.3, 0.4) is 0 Å². The molecule has 0 radical (unpaired) electrons. The van der Waals surface area contributed by atoms with Crippen molar-refractivity contribution in [2.24, 2.45) is 5.73 Å². The molecule has 0 saturated carbocycles. The molecule has 0 saturated heterocycles. The van der Waals surface area contributed by atoms with Crippen LogP contribution in [0.1, 0.15) is 19.3 Å². The van der Waals surface area contributed by atoms with Gasteiger partial charge in [0.2, 0.25) is 5.91 Å². The molecule has 2 rings (SSSR count). The van der Waals surface area contributed by atoms with E-state index in [1.165, 1.54) is 0 Å². The molecule has 0 aliphatic heterocycles. The van der Waals surface area contributed by atoms with Crippen LogP contribution in [0.5, 0.6) is 5.75 Å². The lowest BCUT2D eigenvalue weighted by atomic mass is 10.1. The van der Waals surface area contributed by atoms with Gasteiger partial charge in [-0.3, -0.25) is 4.79 Å². The highest BCUT2D eigenvalue weighted by molar-refractivity contribution is 5.91. The number of esters is 1. The lowest BCUT2D eigenvalue weighted by Crippen LogP contribution is -2.37. The largest absolute Gasteiger partial charge is 0.423 e. The number of hydrogen-bond acceptors (Lipinski definition) is 10. The van der Waals surface area contributed by atoms with Crippen LogP contribution in [-0.2, 0) is 9.59 Å². The van der Waals surface area contributed by atoms with Crippen molar-refractivity contribution in [3.8, 4) is 5.75 Å². The Kier molecular flexibility index (Phi) is 12.1. The van der Waals surface area contributed by atoms with Gasteiger partial charge in [0.25, 0.3) is 0 Å². The number of nitrogens with zero attached hydrogens (tertiary/aromatic N) is 1. The maximum atomic E-state index is 11.9. The molecule has 11 N–H and O–H groups in total. The Balaban J connectivity index is 0.000000330. The van der Waals surface area contributed by atoms with E-state index in [0.717, 1.165) is 12.8 Å². The van der Waals surface area contributed by atoms with E-state index in [-0.39, 0.29) is 30.3 Å². The summed E-state index contributed by atoms with van der Waals surface area (Å²) in [6.45, 7) is 0.864. The standard InChI is InChI=1S/C13H21N3O2.C8H13N5O/c1-16-11(7-4-5-9-14)13(17)18-12-8-3-2-6-10(12)15;1-11-4-7(14)12-6-3-2-5(9)8(10)13-6/h2-3,6,8,11,16H,4-5,7,9,14-15H2,1H3;2-3,11H,4,9H2,1H3,(H3,10,12,13,14). The first-order valence-corrected chi connectivity index (χ1v) is 10.2. The van der Waals surface area contributed by atoms with Crippen LogP contribution >= 0.6 is 0 Å². The van der Waals surface area contributed by atoms with Crippen LogP contribution in [0.15, 0.2) is 36.4 Å². The van der Waals surface area contributed by atoms with Crippen LogP contribution in [0.25, 0.3) is 0 Å². The Hall–Kier alpha value is -3.41. The first kappa shape index (κ1) is 26.6. The van der Waals surface area contributed by atoms with Crippen LogP contribution in [0.4, 0.5) is 23.0 Å². The van der Waals surface area contributed by atoms with Gasteiger partial charge in [0.05, 0.1) is 17.9 Å². The summed E-state index contributed by atoms with van der Waals surface area (Å²) >= 11 is 0. The third kappa shape index (κ3) is 9.60. The van der Waals surface area contributed by atoms with Crippen molar-refractivity contribution in [3.05, 3.63) is 36.4 Å². The third-order valence-electron chi connectivity index (χ3n) is 4.27. The van der Waals surface area contributed by atoms with E-state index < -0.39 is 0 Å². The zero-order valence-corrected chi connectivity index (χ0v) is 18.6. The fourth-order valence-electron chi connectivity index (χ4n) is 2.53. The summed E-state index contributed by atoms with van der Waals surface area (Å²) in [6.07, 6.45) is 2.50. The molecule has 1 aromatic heterocycles. The number of aromatic nitrogens is 1. The highest BCUT2D eigenvalue weighted by Crippen LogP contribution is 2.20. The molecule has 0 bridgehead atoms. The second-order valence-corrected chi connectivity index (χ2v) is 6.83. The average molecular weight is 447 g/mol. The molecule has 0 aliphatic rings. The number of benzene rings is 1. The molecule has 176 valence electrons. The van der Waals surface area contributed by atoms with Gasteiger partial charge in [0, 0.05) is 0 Å². The van der Waals surface area contributed by atoms with E-state index in [0.29, 0.717) is 35.9 Å². The lowest BCUT2D eigenvalue weighted by Gasteiger charge is -2.15. The molecule has 1 unspecified atom stereocenters. The van der Waals surface area contributed by atoms with Crippen molar-refractivity contribution >= 4 is 34.9 Å². The monoisotopic (exact) mass is 446 g/mol. The van der Waals surface area contributed by atoms with E-state index >= 15 is 0 Å². The molecular formula is C21H34N8O3. The van der Waals surface area contributed by atoms with Gasteiger partial charge in [-0.2, -0.15) is 0 Å². The van der Waals surface area contributed by atoms with Crippen molar-refractivity contribution in [2.75, 3.05) is 49.7 Å². The highest BCUT2D eigenvalue weighted by atomic mass is 16.5. The van der Waals surface area contributed by atoms with Crippen LogP contribution in [0, 0.1) is 0 Å². The van der Waals surface area contributed by atoms with Gasteiger partial charge in [-0.05, 0) is 57.7 Å². The minimum absolute atomic E-state index is 0.177. The topological polar surface area (TPSA) is 196 Å². The number of para-hydroxylation sites is 2. The number of ether oxygens (including phenoxy) is 1. The second kappa shape index (κ2) is 14.6. The quantitative estimate of drug-likeness (QED) is 0.115. The summed E-state index contributed by atoms with van der Waals surface area (Å²) in [5.74, 6) is 0.530. The molecule has 0 aliphatic carbocycles. The zero-order chi connectivity index (χ0) is 23.9. The van der Waals surface area contributed by atoms with E-state index in [9.17, 15) is 9.59 Å². The van der Waals surface area contributed by atoms with Crippen molar-refractivity contribution < 1.29 is 14.3 Å². The van der Waals surface area contributed by atoms with Gasteiger partial charge in [-0.15, -0.1) is 0 Å². The van der Waals surface area contributed by atoms with Crippen LogP contribution in [0.2, 0.25) is 0 Å². The van der Waals surface area contributed by atoms with Crippen molar-refractivity contribution in [3.63, 3.8) is 0 Å². The molecule has 11 nitrogen and oxygen atoms in total. The van der Waals surface area contributed by atoms with Crippen molar-refractivity contribution in [1.82, 2.24) is 15.6 Å². The molecule has 32 heavy (non-hydrogen) atoms. The number of nitrogens with one attached hydrogen (secondary N) is 3. The van der Waals surface area contributed by atoms with Crippen molar-refractivity contribution in [1.29, 1.82) is 0 Å². The predicted molar refractivity (Wildman–Crippen MR) is 128 cm³/mol. The van der Waals surface area contributed by atoms with Gasteiger partial charge in [0.15, 0.2) is 5.75 Å². The lowest BCUT2D eigenvalue weighted by molar-refractivity contribution is -0.136. The van der Waals surface area contributed by atoms with Gasteiger partial charge in [-0.25, -0.2) is 9.78 Å². The molecule has 0 spiro atoms. The molecular weight excluding hydrogens is 412 g/mol. The molecule has 1 aromatic carbocycles. The van der Waals surface area contributed by atoms with Gasteiger partial charge in [0.1, 0.15) is 17.7 Å². The Labute approximate surface area is 188 Å². The minimum atomic E-state index is -0.323. The normalized spacial score (nSPS) is 11.1. The maximum Gasteiger partial charge on any atom is 0.328 e. The molecule has 1 heterocycles. The predicted octanol–water partition coefficient (Wildman–Crippen LogP) is 0.295. The number of rotatable bonds is 10. The van der Waals surface area contributed by atoms with E-state index in [2.05, 4.69) is 20.9 Å². The maximum absolute atomic E-state index is 11.9. The average Bonchev–Trinajstić information content (AvgIpc) is 2.76. The Morgan fingerprint density at radius 2 is 1.75 bits per heavy atom. The number of nitrogen functional groups attached to an aromatic ring is 3. The number of pyridine rings is 1. The summed E-state index contributed by atoms with van der Waals surface area (Å²) in [4.78, 5) is 26.9. The number of likely N-dealkylation sites (N-methyl/N-ethyl adjacent to an activating group) is 2. The Morgan fingerprint density at radius 1 is 1.03 bits per heavy atom. The molecule has 11 heteroatoms. The van der Waals surface area contributed by atoms with Crippen LogP contribution in [-0.4, -0.2) is 50.1 Å². The summed E-state index contributed by atoms with van der Waals surface area (Å²) in [5.41, 5.74) is 22.9. The summed E-state index contributed by atoms with van der Waals surface area (Å²) in [7, 11) is 3.42. The number of carbonyl (C=O) groups excluding carboxylic acids is 2. The molecule has 1 atom stereocenters. The minimum Gasteiger partial charge on any atom is -0.423 e. The zero-order valence-electron chi connectivity index (χ0n) is 18.6. The number of amides is 1. The second-order valence-electron chi connectivity index (χ2n) is 6.83. The fourth-order valence-corrected chi connectivity index (χ4v) is 2.53. The molecule has 2 aromatic rings. The van der Waals surface area contributed by atoms with Crippen LogP contribution < -0.4 is 43.6 Å². The summed E-state index contributed by atoms with van der Waals surface area (Å²) < 4.78 is 5.27. The highest BCUT2D eigenvalue weighted by Gasteiger charge is 2.18. The first-order valence-electron chi connectivity index (χ1n) is 10.2. The third-order valence-corrected chi connectivity index (χ3v) is 4.27. The molecule has 0 fully saturated rings. The number of unbranched alkanes of at least 4 members (excludes halogenated alkanes) is 1. The van der Waals surface area contributed by atoms with Gasteiger partial charge >= 0.3 is 5.97 Å². The van der Waals surface area contributed by atoms with E-state index in [4.69, 9.17) is 27.7 Å². The first-order chi connectivity index (χ1) is 15.3. The van der Waals surface area contributed by atoms with Crippen molar-refractivity contribution in [2.45, 2.75) is 25.3 Å². The number of nitrogens with two attached hydrogens (primary N) is 4. The number of hydrogen-bond donors (Lipinski definition) is 7. The summed E-state index contributed by atoms with van der Waals surface area (Å²) in [5, 5.41) is 8.22. The van der Waals surface area contributed by atoms with E-state index in [1.807, 2.05) is 0 Å². The van der Waals surface area contributed by atoms with Gasteiger partial charge in [-0.1, -0.05) is 18.6 Å². The summed E-state index contributed by atoms with van der Waals surface area (Å²) in [6, 6.07) is 9.82. The molecule has 1 amide bonds.